The number of nitrogens with zero attached hydrogens (tertiary/aromatic N) is 1. The molecule has 0 aromatic heterocycles. The molecular weight excluding hydrogens is 192 g/mol. The fourth-order valence-corrected chi connectivity index (χ4v) is 4.19. The Morgan fingerprint density at radius 3 is 2.93 bits per heavy atom. The van der Waals surface area contributed by atoms with Crippen LogP contribution >= 0.6 is 11.8 Å². The molecule has 2 heterocycles. The minimum absolute atomic E-state index is 0.423. The van der Waals surface area contributed by atoms with E-state index in [0.717, 1.165) is 12.1 Å². The molecule has 1 spiro atoms. The Kier molecular flexibility index (Phi) is 3.10. The van der Waals surface area contributed by atoms with Crippen LogP contribution < -0.4 is 5.32 Å². The van der Waals surface area contributed by atoms with Gasteiger partial charge < -0.3 is 4.90 Å². The maximum atomic E-state index is 3.84. The van der Waals surface area contributed by atoms with Crippen LogP contribution in [0.15, 0.2) is 0 Å². The van der Waals surface area contributed by atoms with Gasteiger partial charge in [-0.2, -0.15) is 0 Å². The highest BCUT2D eigenvalue weighted by Crippen LogP contribution is 2.41. The van der Waals surface area contributed by atoms with Crippen molar-refractivity contribution in [1.29, 1.82) is 0 Å². The second-order valence-corrected chi connectivity index (χ2v) is 6.24. The number of hydrogen-bond acceptors (Lipinski definition) is 3. The Morgan fingerprint density at radius 1 is 1.57 bits per heavy atom. The molecule has 3 unspecified atom stereocenters. The maximum Gasteiger partial charge on any atom is 0.0675 e. The molecule has 0 radical (unpaired) electrons. The van der Waals surface area contributed by atoms with Crippen molar-refractivity contribution in [2.24, 2.45) is 0 Å². The molecule has 3 heteroatoms. The van der Waals surface area contributed by atoms with Crippen molar-refractivity contribution in [1.82, 2.24) is 10.2 Å². The van der Waals surface area contributed by atoms with E-state index in [1.165, 1.54) is 31.6 Å². The quantitative estimate of drug-likeness (QED) is 0.718. The first kappa shape index (κ1) is 10.8. The number of hydrogen-bond donors (Lipinski definition) is 1. The van der Waals surface area contributed by atoms with Crippen molar-refractivity contribution in [3.8, 4) is 0 Å². The highest BCUT2D eigenvalue weighted by atomic mass is 32.2. The van der Waals surface area contributed by atoms with Crippen molar-refractivity contribution < 1.29 is 0 Å². The standard InChI is InChI=1S/C11H22N2S/c1-4-10-8-14-11(12-10)5-6-13(3)9(2)7-11/h9-10,12H,4-8H2,1-3H3. The Morgan fingerprint density at radius 2 is 2.36 bits per heavy atom. The van der Waals surface area contributed by atoms with Gasteiger partial charge in [0.05, 0.1) is 4.87 Å². The fourth-order valence-electron chi connectivity index (χ4n) is 2.51. The van der Waals surface area contributed by atoms with E-state index >= 15 is 0 Å². The number of thioether (sulfide) groups is 1. The highest BCUT2D eigenvalue weighted by Gasteiger charge is 2.42. The zero-order valence-corrected chi connectivity index (χ0v) is 10.4. The summed E-state index contributed by atoms with van der Waals surface area (Å²) < 4.78 is 0. The zero-order chi connectivity index (χ0) is 10.2. The summed E-state index contributed by atoms with van der Waals surface area (Å²) in [5.41, 5.74) is 0. The van der Waals surface area contributed by atoms with Gasteiger partial charge in [0.1, 0.15) is 0 Å². The van der Waals surface area contributed by atoms with Crippen molar-refractivity contribution in [3.05, 3.63) is 0 Å². The number of piperidine rings is 1. The molecule has 3 atom stereocenters. The van der Waals surface area contributed by atoms with E-state index in [4.69, 9.17) is 0 Å². The first-order valence-electron chi connectivity index (χ1n) is 5.77. The topological polar surface area (TPSA) is 15.3 Å². The molecule has 0 bridgehead atoms. The van der Waals surface area contributed by atoms with E-state index in [1.54, 1.807) is 0 Å². The SMILES string of the molecule is CCC1CSC2(CCN(C)C(C)C2)N1. The van der Waals surface area contributed by atoms with Gasteiger partial charge in [-0.25, -0.2) is 0 Å². The van der Waals surface area contributed by atoms with Gasteiger partial charge in [0.25, 0.3) is 0 Å². The summed E-state index contributed by atoms with van der Waals surface area (Å²) in [6.45, 7) is 5.88. The maximum absolute atomic E-state index is 3.84. The molecule has 14 heavy (non-hydrogen) atoms. The molecule has 2 saturated heterocycles. The molecule has 0 aliphatic carbocycles. The highest BCUT2D eigenvalue weighted by molar-refractivity contribution is 8.00. The van der Waals surface area contributed by atoms with Crippen molar-refractivity contribution >= 4 is 11.8 Å². The van der Waals surface area contributed by atoms with Crippen LogP contribution in [0.1, 0.15) is 33.1 Å². The number of rotatable bonds is 1. The normalized spacial score (nSPS) is 44.8. The third kappa shape index (κ3) is 1.95. The van der Waals surface area contributed by atoms with E-state index in [-0.39, 0.29) is 0 Å². The summed E-state index contributed by atoms with van der Waals surface area (Å²) in [5, 5.41) is 3.84. The summed E-state index contributed by atoms with van der Waals surface area (Å²) >= 11 is 2.17. The van der Waals surface area contributed by atoms with E-state index in [0.29, 0.717) is 4.87 Å². The predicted octanol–water partition coefficient (Wildman–Crippen LogP) is 1.91. The Hall–Kier alpha value is 0.270. The molecule has 2 aliphatic rings. The summed E-state index contributed by atoms with van der Waals surface area (Å²) in [4.78, 5) is 2.90. The second kappa shape index (κ2) is 4.03. The van der Waals surface area contributed by atoms with Gasteiger partial charge >= 0.3 is 0 Å². The minimum Gasteiger partial charge on any atom is -0.303 e. The Bertz CT molecular complexity index is 209. The first-order chi connectivity index (χ1) is 6.65. The second-order valence-electron chi connectivity index (χ2n) is 4.84. The lowest BCUT2D eigenvalue weighted by molar-refractivity contribution is 0.153. The van der Waals surface area contributed by atoms with Gasteiger partial charge in [0, 0.05) is 24.4 Å². The third-order valence-corrected chi connectivity index (χ3v) is 5.38. The summed E-state index contributed by atoms with van der Waals surface area (Å²) in [7, 11) is 2.24. The monoisotopic (exact) mass is 214 g/mol. The van der Waals surface area contributed by atoms with Crippen LogP contribution in [0.2, 0.25) is 0 Å². The van der Waals surface area contributed by atoms with Gasteiger partial charge in [-0.05, 0) is 33.2 Å². The van der Waals surface area contributed by atoms with Crippen molar-refractivity contribution in [2.45, 2.75) is 50.1 Å². The zero-order valence-electron chi connectivity index (χ0n) is 9.55. The van der Waals surface area contributed by atoms with E-state index in [2.05, 4.69) is 42.9 Å². The number of likely N-dealkylation sites (tertiary alicyclic amines) is 1. The summed E-state index contributed by atoms with van der Waals surface area (Å²) in [6, 6.07) is 1.50. The Labute approximate surface area is 91.8 Å². The first-order valence-corrected chi connectivity index (χ1v) is 6.76. The molecule has 2 rings (SSSR count). The molecule has 0 aromatic rings. The van der Waals surface area contributed by atoms with E-state index in [1.807, 2.05) is 0 Å². The lowest BCUT2D eigenvalue weighted by Gasteiger charge is -2.42. The van der Waals surface area contributed by atoms with Crippen LogP contribution in [0.4, 0.5) is 0 Å². The van der Waals surface area contributed by atoms with Crippen LogP contribution in [0.5, 0.6) is 0 Å². The van der Waals surface area contributed by atoms with Crippen molar-refractivity contribution in [3.63, 3.8) is 0 Å². The van der Waals surface area contributed by atoms with Crippen LogP contribution in [-0.2, 0) is 0 Å². The van der Waals surface area contributed by atoms with Crippen LogP contribution in [0, 0.1) is 0 Å². The fraction of sp³-hybridized carbons (Fsp3) is 1.00. The minimum atomic E-state index is 0.423. The average Bonchev–Trinajstić information content (AvgIpc) is 2.56. The molecule has 2 aliphatic heterocycles. The number of nitrogens with one attached hydrogen (secondary N) is 1. The average molecular weight is 214 g/mol. The molecule has 0 amide bonds. The van der Waals surface area contributed by atoms with Gasteiger partial charge in [0.15, 0.2) is 0 Å². The van der Waals surface area contributed by atoms with E-state index in [9.17, 15) is 0 Å². The van der Waals surface area contributed by atoms with Crippen molar-refractivity contribution in [2.75, 3.05) is 19.3 Å². The molecule has 2 fully saturated rings. The smallest absolute Gasteiger partial charge is 0.0675 e. The lowest BCUT2D eigenvalue weighted by atomic mass is 9.97. The molecule has 2 nitrogen and oxygen atoms in total. The molecule has 1 N–H and O–H groups in total. The molecular formula is C11H22N2S. The van der Waals surface area contributed by atoms with Crippen LogP contribution in [0.25, 0.3) is 0 Å². The van der Waals surface area contributed by atoms with E-state index < -0.39 is 0 Å². The van der Waals surface area contributed by atoms with Gasteiger partial charge in [-0.1, -0.05) is 6.92 Å². The predicted molar refractivity (Wildman–Crippen MR) is 63.7 cm³/mol. The molecule has 0 saturated carbocycles. The molecule has 82 valence electrons. The summed E-state index contributed by atoms with van der Waals surface area (Å²) in [6.07, 6.45) is 3.90. The largest absolute Gasteiger partial charge is 0.303 e. The van der Waals surface area contributed by atoms with Gasteiger partial charge in [0.2, 0.25) is 0 Å². The lowest BCUT2D eigenvalue weighted by Crippen LogP contribution is -2.52. The van der Waals surface area contributed by atoms with Gasteiger partial charge in [-0.15, -0.1) is 11.8 Å². The van der Waals surface area contributed by atoms with Crippen LogP contribution in [0.3, 0.4) is 0 Å². The van der Waals surface area contributed by atoms with Crippen LogP contribution in [-0.4, -0.2) is 41.2 Å². The van der Waals surface area contributed by atoms with Gasteiger partial charge in [-0.3, -0.25) is 5.32 Å². The Balaban J connectivity index is 1.98. The third-order valence-electron chi connectivity index (χ3n) is 3.77. The summed E-state index contributed by atoms with van der Waals surface area (Å²) in [5.74, 6) is 1.31. The molecule has 0 aromatic carbocycles.